The number of nitrogens with zero attached hydrogens (tertiary/aromatic N) is 1. The molecule has 0 aliphatic rings. The van der Waals surface area contributed by atoms with Crippen molar-refractivity contribution in [2.75, 3.05) is 0 Å². The van der Waals surface area contributed by atoms with Crippen LogP contribution in [-0.2, 0) is 6.42 Å². The number of pyridine rings is 1. The monoisotopic (exact) mass is 208 g/mol. The number of aromatic nitrogens is 2. The molecule has 2 nitrogen and oxygen atoms in total. The molecule has 0 aliphatic carbocycles. The van der Waals surface area contributed by atoms with Crippen molar-refractivity contribution in [2.24, 2.45) is 0 Å². The quantitative estimate of drug-likeness (QED) is 0.688. The van der Waals surface area contributed by atoms with E-state index in [0.717, 1.165) is 17.5 Å². The zero-order chi connectivity index (χ0) is 10.8. The van der Waals surface area contributed by atoms with E-state index in [0.29, 0.717) is 0 Å². The molecule has 0 amide bonds. The van der Waals surface area contributed by atoms with Crippen molar-refractivity contribution in [1.29, 1.82) is 0 Å². The zero-order valence-corrected chi connectivity index (χ0v) is 8.85. The van der Waals surface area contributed by atoms with Crippen LogP contribution in [0.15, 0.2) is 54.7 Å². The molecule has 78 valence electrons. The van der Waals surface area contributed by atoms with Crippen molar-refractivity contribution in [3.63, 3.8) is 0 Å². The Bertz CT molecular complexity index is 563. The van der Waals surface area contributed by atoms with Crippen molar-refractivity contribution in [3.05, 3.63) is 66.0 Å². The highest BCUT2D eigenvalue weighted by molar-refractivity contribution is 5.75. The number of rotatable bonds is 2. The molecule has 0 saturated heterocycles. The fourth-order valence-electron chi connectivity index (χ4n) is 1.92. The molecule has 0 aliphatic heterocycles. The molecule has 3 rings (SSSR count). The van der Waals surface area contributed by atoms with Gasteiger partial charge in [-0.25, -0.2) is 0 Å². The number of nitrogens with one attached hydrogen (secondary N) is 1. The van der Waals surface area contributed by atoms with E-state index in [1.54, 1.807) is 0 Å². The van der Waals surface area contributed by atoms with Gasteiger partial charge in [0.05, 0.1) is 11.0 Å². The Balaban J connectivity index is 1.95. The summed E-state index contributed by atoms with van der Waals surface area (Å²) in [6.45, 7) is 0. The number of hydrogen-bond acceptors (Lipinski definition) is 1. The van der Waals surface area contributed by atoms with Crippen LogP contribution in [0.4, 0.5) is 0 Å². The molecular weight excluding hydrogens is 196 g/mol. The summed E-state index contributed by atoms with van der Waals surface area (Å²) in [7, 11) is 0. The van der Waals surface area contributed by atoms with Crippen molar-refractivity contribution >= 4 is 11.0 Å². The third kappa shape index (κ3) is 1.70. The van der Waals surface area contributed by atoms with Crippen LogP contribution in [0.1, 0.15) is 11.3 Å². The van der Waals surface area contributed by atoms with Gasteiger partial charge >= 0.3 is 0 Å². The molecule has 0 unspecified atom stereocenters. The topological polar surface area (TPSA) is 28.7 Å². The minimum Gasteiger partial charge on any atom is -0.357 e. The van der Waals surface area contributed by atoms with Crippen LogP contribution in [0.3, 0.4) is 0 Å². The van der Waals surface area contributed by atoms with Gasteiger partial charge in [0.15, 0.2) is 0 Å². The van der Waals surface area contributed by atoms with Gasteiger partial charge in [-0.05, 0) is 23.8 Å². The third-order valence-corrected chi connectivity index (χ3v) is 2.68. The molecule has 2 aromatic heterocycles. The summed E-state index contributed by atoms with van der Waals surface area (Å²) in [5.74, 6) is 0. The first-order chi connectivity index (χ1) is 7.92. The van der Waals surface area contributed by atoms with Gasteiger partial charge in [0.25, 0.3) is 0 Å². The van der Waals surface area contributed by atoms with E-state index in [4.69, 9.17) is 0 Å². The van der Waals surface area contributed by atoms with E-state index in [2.05, 4.69) is 46.4 Å². The Kier molecular flexibility index (Phi) is 2.18. The molecule has 0 spiro atoms. The third-order valence-electron chi connectivity index (χ3n) is 2.68. The van der Waals surface area contributed by atoms with Gasteiger partial charge in [-0.2, -0.15) is 0 Å². The molecule has 2 heterocycles. The van der Waals surface area contributed by atoms with Crippen LogP contribution in [0.25, 0.3) is 11.0 Å². The molecular formula is C14H12N2. The average Bonchev–Trinajstić information content (AvgIpc) is 2.72. The van der Waals surface area contributed by atoms with Crippen molar-refractivity contribution in [2.45, 2.75) is 6.42 Å². The lowest BCUT2D eigenvalue weighted by Gasteiger charge is -1.97. The lowest BCUT2D eigenvalue weighted by molar-refractivity contribution is 1.12. The summed E-state index contributed by atoms with van der Waals surface area (Å²) in [5.41, 5.74) is 4.66. The molecule has 2 heteroatoms. The maximum atomic E-state index is 4.31. The summed E-state index contributed by atoms with van der Waals surface area (Å²) in [6, 6.07) is 16.6. The van der Waals surface area contributed by atoms with Crippen molar-refractivity contribution in [3.8, 4) is 0 Å². The number of hydrogen-bond donors (Lipinski definition) is 1. The van der Waals surface area contributed by atoms with E-state index >= 15 is 0 Å². The molecule has 0 saturated carbocycles. The number of H-pyrrole nitrogens is 1. The van der Waals surface area contributed by atoms with E-state index in [1.807, 2.05) is 18.3 Å². The second-order valence-corrected chi connectivity index (χ2v) is 3.89. The van der Waals surface area contributed by atoms with Gasteiger partial charge < -0.3 is 4.98 Å². The Hall–Kier alpha value is -2.09. The Morgan fingerprint density at radius 3 is 2.69 bits per heavy atom. The molecule has 1 N–H and O–H groups in total. The standard InChI is InChI=1S/C14H12N2/c1-2-5-11(6-3-1)9-12-10-14-13(16-12)7-4-8-15-14/h1-8,10,16H,9H2. The second kappa shape index (κ2) is 3.81. The fraction of sp³-hybridized carbons (Fsp3) is 0.0714. The largest absolute Gasteiger partial charge is 0.357 e. The highest BCUT2D eigenvalue weighted by atomic mass is 14.8. The summed E-state index contributed by atoms with van der Waals surface area (Å²) in [4.78, 5) is 7.69. The predicted molar refractivity (Wildman–Crippen MR) is 65.3 cm³/mol. The molecule has 16 heavy (non-hydrogen) atoms. The Labute approximate surface area is 94.0 Å². The highest BCUT2D eigenvalue weighted by Crippen LogP contribution is 2.15. The number of benzene rings is 1. The van der Waals surface area contributed by atoms with Crippen molar-refractivity contribution < 1.29 is 0 Å². The molecule has 0 atom stereocenters. The highest BCUT2D eigenvalue weighted by Gasteiger charge is 2.01. The van der Waals surface area contributed by atoms with E-state index < -0.39 is 0 Å². The normalized spacial score (nSPS) is 10.8. The van der Waals surface area contributed by atoms with Crippen LogP contribution in [0.5, 0.6) is 0 Å². The smallest absolute Gasteiger partial charge is 0.0881 e. The predicted octanol–water partition coefficient (Wildman–Crippen LogP) is 3.15. The summed E-state index contributed by atoms with van der Waals surface area (Å²) < 4.78 is 0. The summed E-state index contributed by atoms with van der Waals surface area (Å²) >= 11 is 0. The van der Waals surface area contributed by atoms with Crippen molar-refractivity contribution in [1.82, 2.24) is 9.97 Å². The first-order valence-corrected chi connectivity index (χ1v) is 5.38. The molecule has 1 aromatic carbocycles. The zero-order valence-electron chi connectivity index (χ0n) is 8.85. The first-order valence-electron chi connectivity index (χ1n) is 5.38. The van der Waals surface area contributed by atoms with Gasteiger partial charge in [0, 0.05) is 18.3 Å². The molecule has 0 radical (unpaired) electrons. The first kappa shape index (κ1) is 9.16. The Morgan fingerprint density at radius 1 is 1.00 bits per heavy atom. The van der Waals surface area contributed by atoms with Crippen LogP contribution in [0, 0.1) is 0 Å². The fourth-order valence-corrected chi connectivity index (χ4v) is 1.92. The summed E-state index contributed by atoms with van der Waals surface area (Å²) in [6.07, 6.45) is 2.75. The lowest BCUT2D eigenvalue weighted by atomic mass is 10.1. The van der Waals surface area contributed by atoms with Gasteiger partial charge in [0.1, 0.15) is 0 Å². The average molecular weight is 208 g/mol. The van der Waals surface area contributed by atoms with Crippen LogP contribution in [0.2, 0.25) is 0 Å². The minimum absolute atomic E-state index is 0.928. The summed E-state index contributed by atoms with van der Waals surface area (Å²) in [5, 5.41) is 0. The van der Waals surface area contributed by atoms with Gasteiger partial charge in [-0.1, -0.05) is 30.3 Å². The maximum absolute atomic E-state index is 4.31. The van der Waals surface area contributed by atoms with Crippen LogP contribution in [-0.4, -0.2) is 9.97 Å². The van der Waals surface area contributed by atoms with Gasteiger partial charge in [-0.3, -0.25) is 4.98 Å². The molecule has 0 fully saturated rings. The second-order valence-electron chi connectivity index (χ2n) is 3.89. The van der Waals surface area contributed by atoms with Crippen LogP contribution < -0.4 is 0 Å². The molecule has 0 bridgehead atoms. The SMILES string of the molecule is c1ccc(Cc2cc3ncccc3[nH]2)cc1. The number of fused-ring (bicyclic) bond motifs is 1. The minimum atomic E-state index is 0.928. The van der Waals surface area contributed by atoms with Crippen LogP contribution >= 0.6 is 0 Å². The van der Waals surface area contributed by atoms with Gasteiger partial charge in [-0.15, -0.1) is 0 Å². The van der Waals surface area contributed by atoms with Gasteiger partial charge in [0.2, 0.25) is 0 Å². The van der Waals surface area contributed by atoms with E-state index in [9.17, 15) is 0 Å². The maximum Gasteiger partial charge on any atom is 0.0881 e. The Morgan fingerprint density at radius 2 is 1.88 bits per heavy atom. The lowest BCUT2D eigenvalue weighted by Crippen LogP contribution is -1.86. The van der Waals surface area contributed by atoms with E-state index in [1.165, 1.54) is 11.3 Å². The number of aromatic amines is 1. The van der Waals surface area contributed by atoms with E-state index in [-0.39, 0.29) is 0 Å². The molecule has 3 aromatic rings.